The van der Waals surface area contributed by atoms with E-state index in [1.54, 1.807) is 18.2 Å². The molecule has 0 saturated carbocycles. The monoisotopic (exact) mass is 339 g/mol. The summed E-state index contributed by atoms with van der Waals surface area (Å²) in [7, 11) is 1.50. The van der Waals surface area contributed by atoms with E-state index in [2.05, 4.69) is 15.6 Å². The maximum Gasteiger partial charge on any atom is 0.291 e. The van der Waals surface area contributed by atoms with Crippen molar-refractivity contribution in [2.75, 3.05) is 24.0 Å². The third-order valence-electron chi connectivity index (χ3n) is 3.64. The summed E-state index contributed by atoms with van der Waals surface area (Å²) in [6.07, 6.45) is 0. The zero-order valence-corrected chi connectivity index (χ0v) is 13.0. The van der Waals surface area contributed by atoms with E-state index in [1.807, 2.05) is 0 Å². The summed E-state index contributed by atoms with van der Waals surface area (Å²) in [5.74, 6) is -0.141. The summed E-state index contributed by atoms with van der Waals surface area (Å²) in [4.78, 5) is 24.8. The van der Waals surface area contributed by atoms with Crippen molar-refractivity contribution in [1.82, 2.24) is 14.9 Å². The van der Waals surface area contributed by atoms with E-state index in [0.29, 0.717) is 5.75 Å². The molecule has 0 aliphatic heterocycles. The van der Waals surface area contributed by atoms with Crippen LogP contribution in [-0.2, 0) is 0 Å². The van der Waals surface area contributed by atoms with Gasteiger partial charge in [0.1, 0.15) is 23.2 Å². The summed E-state index contributed by atoms with van der Waals surface area (Å²) in [5, 5.41) is 15.7. The van der Waals surface area contributed by atoms with Crippen LogP contribution in [0, 0.1) is 11.3 Å². The molecule has 0 fully saturated rings. The molecular formula is C15H13N7O3. The van der Waals surface area contributed by atoms with Crippen LogP contribution in [0.1, 0.15) is 15.9 Å². The summed E-state index contributed by atoms with van der Waals surface area (Å²) in [5.41, 5.74) is 13.4. The molecule has 0 bridgehead atoms. The Labute approximate surface area is 140 Å². The number of nitrogens with two attached hydrogens (primary N) is 2. The van der Waals surface area contributed by atoms with Gasteiger partial charge in [0.05, 0.1) is 18.0 Å². The van der Waals surface area contributed by atoms with Crippen LogP contribution in [0.25, 0.3) is 10.9 Å². The lowest BCUT2D eigenvalue weighted by molar-refractivity contribution is 0.101. The van der Waals surface area contributed by atoms with Crippen molar-refractivity contribution >= 4 is 28.4 Å². The molecule has 2 aromatic heterocycles. The topological polar surface area (TPSA) is 165 Å². The van der Waals surface area contributed by atoms with Crippen molar-refractivity contribution in [2.24, 2.45) is 0 Å². The number of aromatic nitrogens is 3. The average Bonchev–Trinajstić information content (AvgIpc) is 3.00. The molecule has 6 N–H and O–H groups in total. The van der Waals surface area contributed by atoms with Gasteiger partial charge in [0.15, 0.2) is 5.82 Å². The van der Waals surface area contributed by atoms with Crippen LogP contribution in [-0.4, -0.2) is 27.9 Å². The SMILES string of the molecule is COc1ccc(C(=O)Nn2c(N)c3c(N)n[nH]c3c(C#N)c2=O)cc1. The number of carbonyl (C=O) groups is 1. The van der Waals surface area contributed by atoms with E-state index in [4.69, 9.17) is 16.2 Å². The lowest BCUT2D eigenvalue weighted by Crippen LogP contribution is -2.36. The molecule has 1 amide bonds. The lowest BCUT2D eigenvalue weighted by Gasteiger charge is -2.13. The number of benzene rings is 1. The normalized spacial score (nSPS) is 10.4. The molecule has 0 aliphatic carbocycles. The van der Waals surface area contributed by atoms with E-state index in [0.717, 1.165) is 4.68 Å². The number of anilines is 2. The van der Waals surface area contributed by atoms with Gasteiger partial charge in [0, 0.05) is 5.56 Å². The van der Waals surface area contributed by atoms with E-state index in [-0.39, 0.29) is 33.7 Å². The quantitative estimate of drug-likeness (QED) is 0.527. The molecule has 10 heteroatoms. The van der Waals surface area contributed by atoms with Gasteiger partial charge in [-0.15, -0.1) is 0 Å². The van der Waals surface area contributed by atoms with E-state index >= 15 is 0 Å². The summed E-state index contributed by atoms with van der Waals surface area (Å²) < 4.78 is 5.80. The second kappa shape index (κ2) is 5.89. The third-order valence-corrected chi connectivity index (χ3v) is 3.64. The Hall–Kier alpha value is -4.00. The van der Waals surface area contributed by atoms with Gasteiger partial charge in [0.2, 0.25) is 0 Å². The van der Waals surface area contributed by atoms with E-state index < -0.39 is 11.5 Å². The number of fused-ring (bicyclic) bond motifs is 1. The molecular weight excluding hydrogens is 326 g/mol. The molecule has 0 unspecified atom stereocenters. The maximum atomic E-state index is 12.4. The van der Waals surface area contributed by atoms with Crippen LogP contribution in [0.4, 0.5) is 11.6 Å². The highest BCUT2D eigenvalue weighted by molar-refractivity contribution is 6.03. The Morgan fingerprint density at radius 2 is 2.04 bits per heavy atom. The number of aromatic amines is 1. The first-order chi connectivity index (χ1) is 12.0. The number of H-pyrrole nitrogens is 1. The predicted molar refractivity (Wildman–Crippen MR) is 90.6 cm³/mol. The molecule has 3 aromatic rings. The molecule has 0 saturated heterocycles. The number of nitriles is 1. The van der Waals surface area contributed by atoms with Crippen LogP contribution in [0.3, 0.4) is 0 Å². The Kier molecular flexibility index (Phi) is 3.74. The molecule has 25 heavy (non-hydrogen) atoms. The first kappa shape index (κ1) is 15.9. The van der Waals surface area contributed by atoms with Gasteiger partial charge in [0.25, 0.3) is 11.5 Å². The minimum absolute atomic E-state index is 0.0106. The molecule has 0 atom stereocenters. The summed E-state index contributed by atoms with van der Waals surface area (Å²) in [6, 6.07) is 7.99. The van der Waals surface area contributed by atoms with Crippen LogP contribution in [0.5, 0.6) is 5.75 Å². The van der Waals surface area contributed by atoms with Crippen molar-refractivity contribution in [3.05, 3.63) is 45.7 Å². The smallest absolute Gasteiger partial charge is 0.291 e. The molecule has 0 aliphatic rings. The number of ether oxygens (including phenoxy) is 1. The zero-order valence-electron chi connectivity index (χ0n) is 13.0. The summed E-state index contributed by atoms with van der Waals surface area (Å²) >= 11 is 0. The Morgan fingerprint density at radius 1 is 1.36 bits per heavy atom. The number of hydrogen-bond acceptors (Lipinski definition) is 7. The van der Waals surface area contributed by atoms with Gasteiger partial charge in [-0.05, 0) is 24.3 Å². The van der Waals surface area contributed by atoms with Crippen molar-refractivity contribution < 1.29 is 9.53 Å². The molecule has 0 radical (unpaired) electrons. The number of carbonyl (C=O) groups excluding carboxylic acids is 1. The van der Waals surface area contributed by atoms with E-state index in [1.165, 1.54) is 19.2 Å². The Morgan fingerprint density at radius 3 is 2.64 bits per heavy atom. The van der Waals surface area contributed by atoms with Gasteiger partial charge in [-0.2, -0.15) is 15.0 Å². The highest BCUT2D eigenvalue weighted by atomic mass is 16.5. The fraction of sp³-hybridized carbons (Fsp3) is 0.0667. The molecule has 10 nitrogen and oxygen atoms in total. The Bertz CT molecular complexity index is 1070. The number of nitrogens with zero attached hydrogens (tertiary/aromatic N) is 3. The maximum absolute atomic E-state index is 12.4. The highest BCUT2D eigenvalue weighted by Gasteiger charge is 2.20. The van der Waals surface area contributed by atoms with E-state index in [9.17, 15) is 14.9 Å². The van der Waals surface area contributed by atoms with Gasteiger partial charge in [-0.25, -0.2) is 0 Å². The number of pyridine rings is 1. The number of methoxy groups -OCH3 is 1. The lowest BCUT2D eigenvalue weighted by atomic mass is 10.2. The standard InChI is InChI=1S/C15H13N7O3/c1-25-8-4-2-7(3-5-8)14(23)21-22-13(18)10-11(19-20-12(10)17)9(6-16)15(22)24/h2-5,19H,18H2,1H3,(H2,17,20)(H,21,23). The minimum Gasteiger partial charge on any atom is -0.497 e. The second-order valence-corrected chi connectivity index (χ2v) is 5.04. The minimum atomic E-state index is -0.794. The molecule has 2 heterocycles. The number of rotatable bonds is 3. The van der Waals surface area contributed by atoms with Crippen LogP contribution >= 0.6 is 0 Å². The van der Waals surface area contributed by atoms with Crippen molar-refractivity contribution in [2.45, 2.75) is 0 Å². The molecule has 3 rings (SSSR count). The molecule has 0 spiro atoms. The zero-order chi connectivity index (χ0) is 18.1. The van der Waals surface area contributed by atoms with Crippen LogP contribution in [0.2, 0.25) is 0 Å². The number of nitrogens with one attached hydrogen (secondary N) is 2. The summed E-state index contributed by atoms with van der Waals surface area (Å²) in [6.45, 7) is 0. The first-order valence-corrected chi connectivity index (χ1v) is 7.01. The Balaban J connectivity index is 2.09. The number of hydrogen-bond donors (Lipinski definition) is 4. The highest BCUT2D eigenvalue weighted by Crippen LogP contribution is 2.24. The predicted octanol–water partition coefficient (Wildman–Crippen LogP) is 0.153. The van der Waals surface area contributed by atoms with Crippen molar-refractivity contribution in [1.29, 1.82) is 5.26 Å². The number of nitrogen functional groups attached to an aromatic ring is 2. The largest absolute Gasteiger partial charge is 0.497 e. The van der Waals surface area contributed by atoms with Gasteiger partial charge < -0.3 is 16.2 Å². The molecule has 126 valence electrons. The third kappa shape index (κ3) is 2.49. The van der Waals surface area contributed by atoms with Gasteiger partial charge in [-0.3, -0.25) is 20.1 Å². The van der Waals surface area contributed by atoms with Gasteiger partial charge >= 0.3 is 0 Å². The number of amides is 1. The molecule has 1 aromatic carbocycles. The fourth-order valence-electron chi connectivity index (χ4n) is 2.36. The fourth-order valence-corrected chi connectivity index (χ4v) is 2.36. The first-order valence-electron chi connectivity index (χ1n) is 7.01. The van der Waals surface area contributed by atoms with Gasteiger partial charge in [-0.1, -0.05) is 0 Å². The van der Waals surface area contributed by atoms with Crippen LogP contribution in [0.15, 0.2) is 29.1 Å². The van der Waals surface area contributed by atoms with Crippen molar-refractivity contribution in [3.8, 4) is 11.8 Å². The average molecular weight is 339 g/mol. The van der Waals surface area contributed by atoms with Crippen molar-refractivity contribution in [3.63, 3.8) is 0 Å². The second-order valence-electron chi connectivity index (χ2n) is 5.04. The van der Waals surface area contributed by atoms with Crippen LogP contribution < -0.4 is 27.2 Å².